The second kappa shape index (κ2) is 8.06. The van der Waals surface area contributed by atoms with Gasteiger partial charge in [-0.25, -0.2) is 0 Å². The van der Waals surface area contributed by atoms with Crippen molar-refractivity contribution >= 4 is 46.2 Å². The van der Waals surface area contributed by atoms with Crippen LogP contribution in [0.25, 0.3) is 0 Å². The van der Waals surface area contributed by atoms with Gasteiger partial charge in [-0.2, -0.15) is 0 Å². The number of halogens is 2. The first-order valence-corrected chi connectivity index (χ1v) is 9.06. The summed E-state index contributed by atoms with van der Waals surface area (Å²) in [5.41, 5.74) is 2.38. The van der Waals surface area contributed by atoms with Crippen molar-refractivity contribution in [3.8, 4) is 0 Å². The number of rotatable bonds is 3. The van der Waals surface area contributed by atoms with Gasteiger partial charge in [0.15, 0.2) is 5.11 Å². The van der Waals surface area contributed by atoms with E-state index in [1.54, 1.807) is 0 Å². The van der Waals surface area contributed by atoms with Crippen molar-refractivity contribution in [2.24, 2.45) is 0 Å². The number of hydrogen-bond acceptors (Lipinski definition) is 2. The van der Waals surface area contributed by atoms with Crippen molar-refractivity contribution in [2.75, 3.05) is 31.1 Å². The molecule has 1 N–H and O–H groups in total. The van der Waals surface area contributed by atoms with Crippen molar-refractivity contribution in [3.05, 3.63) is 64.1 Å². The molecule has 126 valence electrons. The molecular formula is C18H19Cl2N3S. The van der Waals surface area contributed by atoms with Gasteiger partial charge in [-0.05, 0) is 54.2 Å². The standard InChI is InChI=1S/C18H19Cl2N3S/c19-15-3-1-14(2-4-15)13-21-18(24)23-11-9-22(10-12-23)17-7-5-16(20)6-8-17/h1-8H,9-13H2,(H,21,24). The molecule has 0 saturated carbocycles. The highest BCUT2D eigenvalue weighted by Gasteiger charge is 2.18. The summed E-state index contributed by atoms with van der Waals surface area (Å²) in [6.07, 6.45) is 0. The van der Waals surface area contributed by atoms with Gasteiger partial charge in [-0.15, -0.1) is 0 Å². The average molecular weight is 380 g/mol. The third kappa shape index (κ3) is 4.53. The molecule has 0 aromatic heterocycles. The maximum atomic E-state index is 5.95. The van der Waals surface area contributed by atoms with Gasteiger partial charge < -0.3 is 15.1 Å². The zero-order chi connectivity index (χ0) is 16.9. The van der Waals surface area contributed by atoms with E-state index in [-0.39, 0.29) is 0 Å². The van der Waals surface area contributed by atoms with Crippen molar-refractivity contribution in [1.29, 1.82) is 0 Å². The van der Waals surface area contributed by atoms with E-state index in [2.05, 4.69) is 27.2 Å². The lowest BCUT2D eigenvalue weighted by Crippen LogP contribution is -2.51. The van der Waals surface area contributed by atoms with Gasteiger partial charge in [-0.3, -0.25) is 0 Å². The summed E-state index contributed by atoms with van der Waals surface area (Å²) >= 11 is 17.4. The maximum Gasteiger partial charge on any atom is 0.169 e. The molecule has 0 atom stereocenters. The van der Waals surface area contributed by atoms with Crippen LogP contribution in [-0.2, 0) is 6.54 Å². The van der Waals surface area contributed by atoms with Gasteiger partial charge in [0.1, 0.15) is 0 Å². The molecule has 0 radical (unpaired) electrons. The number of benzene rings is 2. The molecular weight excluding hydrogens is 361 g/mol. The summed E-state index contributed by atoms with van der Waals surface area (Å²) in [5.74, 6) is 0. The first-order valence-electron chi connectivity index (χ1n) is 7.89. The van der Waals surface area contributed by atoms with E-state index in [4.69, 9.17) is 35.4 Å². The predicted molar refractivity (Wildman–Crippen MR) is 106 cm³/mol. The Balaban J connectivity index is 1.48. The van der Waals surface area contributed by atoms with Crippen LogP contribution in [0.5, 0.6) is 0 Å². The van der Waals surface area contributed by atoms with Crippen molar-refractivity contribution < 1.29 is 0 Å². The van der Waals surface area contributed by atoms with Crippen LogP contribution in [0.4, 0.5) is 5.69 Å². The number of nitrogens with zero attached hydrogens (tertiary/aromatic N) is 2. The molecule has 2 aromatic rings. The highest BCUT2D eigenvalue weighted by molar-refractivity contribution is 7.80. The molecule has 1 aliphatic rings. The van der Waals surface area contributed by atoms with Gasteiger partial charge in [0, 0.05) is 48.5 Å². The molecule has 0 aliphatic carbocycles. The second-order valence-electron chi connectivity index (χ2n) is 5.74. The van der Waals surface area contributed by atoms with Crippen LogP contribution in [0, 0.1) is 0 Å². The van der Waals surface area contributed by atoms with Crippen LogP contribution in [0.15, 0.2) is 48.5 Å². The van der Waals surface area contributed by atoms with E-state index in [0.717, 1.165) is 41.3 Å². The average Bonchev–Trinajstić information content (AvgIpc) is 2.62. The van der Waals surface area contributed by atoms with E-state index in [9.17, 15) is 0 Å². The largest absolute Gasteiger partial charge is 0.368 e. The Morgan fingerprint density at radius 3 is 2.00 bits per heavy atom. The lowest BCUT2D eigenvalue weighted by atomic mass is 10.2. The molecule has 3 nitrogen and oxygen atoms in total. The number of hydrogen-bond donors (Lipinski definition) is 1. The molecule has 0 spiro atoms. The van der Waals surface area contributed by atoms with E-state index in [0.29, 0.717) is 6.54 Å². The Labute approximate surface area is 158 Å². The molecule has 0 bridgehead atoms. The fourth-order valence-electron chi connectivity index (χ4n) is 2.71. The minimum Gasteiger partial charge on any atom is -0.368 e. The lowest BCUT2D eigenvalue weighted by molar-refractivity contribution is 0.380. The molecule has 3 rings (SSSR count). The molecule has 1 fully saturated rings. The molecule has 24 heavy (non-hydrogen) atoms. The molecule has 6 heteroatoms. The molecule has 1 aliphatic heterocycles. The molecule has 2 aromatic carbocycles. The first-order chi connectivity index (χ1) is 11.6. The van der Waals surface area contributed by atoms with Gasteiger partial charge in [-0.1, -0.05) is 35.3 Å². The minimum atomic E-state index is 0.716. The second-order valence-corrected chi connectivity index (χ2v) is 7.00. The Morgan fingerprint density at radius 2 is 1.42 bits per heavy atom. The van der Waals surface area contributed by atoms with Crippen LogP contribution in [0.2, 0.25) is 10.0 Å². The predicted octanol–water partition coefficient (Wildman–Crippen LogP) is 4.19. The maximum absolute atomic E-state index is 5.95. The quantitative estimate of drug-likeness (QED) is 0.805. The van der Waals surface area contributed by atoms with Gasteiger partial charge in [0.05, 0.1) is 0 Å². The SMILES string of the molecule is S=C(NCc1ccc(Cl)cc1)N1CCN(c2ccc(Cl)cc2)CC1. The number of piperazine rings is 1. The van der Waals surface area contributed by atoms with Gasteiger partial charge >= 0.3 is 0 Å². The number of anilines is 1. The summed E-state index contributed by atoms with van der Waals surface area (Å²) in [6.45, 7) is 4.44. The van der Waals surface area contributed by atoms with E-state index in [1.165, 1.54) is 11.3 Å². The molecule has 1 saturated heterocycles. The fraction of sp³-hybridized carbons (Fsp3) is 0.278. The van der Waals surface area contributed by atoms with Crippen molar-refractivity contribution in [3.63, 3.8) is 0 Å². The minimum absolute atomic E-state index is 0.716. The van der Waals surface area contributed by atoms with Crippen molar-refractivity contribution in [1.82, 2.24) is 10.2 Å². The zero-order valence-electron chi connectivity index (χ0n) is 13.2. The van der Waals surface area contributed by atoms with Crippen LogP contribution < -0.4 is 10.2 Å². The summed E-state index contributed by atoms with van der Waals surface area (Å²) in [4.78, 5) is 4.58. The molecule has 0 amide bonds. The molecule has 0 unspecified atom stereocenters. The van der Waals surface area contributed by atoms with E-state index >= 15 is 0 Å². The topological polar surface area (TPSA) is 18.5 Å². The Hall–Kier alpha value is -1.49. The van der Waals surface area contributed by atoms with Crippen molar-refractivity contribution in [2.45, 2.75) is 6.54 Å². The summed E-state index contributed by atoms with van der Waals surface area (Å²) in [6, 6.07) is 15.8. The lowest BCUT2D eigenvalue weighted by Gasteiger charge is -2.37. The summed E-state index contributed by atoms with van der Waals surface area (Å²) in [5, 5.41) is 5.65. The third-order valence-corrected chi connectivity index (χ3v) is 5.02. The van der Waals surface area contributed by atoms with Crippen LogP contribution in [-0.4, -0.2) is 36.2 Å². The molecule has 1 heterocycles. The number of thiocarbonyl (C=S) groups is 1. The Bertz CT molecular complexity index is 680. The normalized spacial score (nSPS) is 14.6. The summed E-state index contributed by atoms with van der Waals surface area (Å²) < 4.78 is 0. The van der Waals surface area contributed by atoms with Crippen LogP contribution >= 0.6 is 35.4 Å². The monoisotopic (exact) mass is 379 g/mol. The van der Waals surface area contributed by atoms with E-state index in [1.807, 2.05) is 36.4 Å². The highest BCUT2D eigenvalue weighted by atomic mass is 35.5. The highest BCUT2D eigenvalue weighted by Crippen LogP contribution is 2.19. The Kier molecular flexibility index (Phi) is 5.82. The van der Waals surface area contributed by atoms with Gasteiger partial charge in [0.25, 0.3) is 0 Å². The van der Waals surface area contributed by atoms with Crippen LogP contribution in [0.3, 0.4) is 0 Å². The fourth-order valence-corrected chi connectivity index (χ4v) is 3.22. The van der Waals surface area contributed by atoms with Crippen LogP contribution in [0.1, 0.15) is 5.56 Å². The van der Waals surface area contributed by atoms with E-state index < -0.39 is 0 Å². The van der Waals surface area contributed by atoms with Gasteiger partial charge in [0.2, 0.25) is 0 Å². The summed E-state index contributed by atoms with van der Waals surface area (Å²) in [7, 11) is 0. The third-order valence-electron chi connectivity index (χ3n) is 4.12. The first kappa shape index (κ1) is 17.3. The number of nitrogens with one attached hydrogen (secondary N) is 1. The zero-order valence-corrected chi connectivity index (χ0v) is 15.5. The Morgan fingerprint density at radius 1 is 0.875 bits per heavy atom. The smallest absolute Gasteiger partial charge is 0.169 e.